The molecular weight excluding hydrogens is 489 g/mol. The zero-order valence-corrected chi connectivity index (χ0v) is 16.8. The molecule has 9 heteroatoms. The van der Waals surface area contributed by atoms with Crippen molar-refractivity contribution in [2.45, 2.75) is 0 Å². The molecule has 26 heavy (non-hydrogen) atoms. The minimum atomic E-state index is -0.756. The second-order valence-electron chi connectivity index (χ2n) is 5.16. The smallest absolute Gasteiger partial charge is 0.335 e. The zero-order chi connectivity index (χ0) is 18.8. The minimum Gasteiger partial charge on any atom is -0.493 e. The fourth-order valence-electron chi connectivity index (χ4n) is 2.20. The Bertz CT molecular complexity index is 1120. The summed E-state index contributed by atoms with van der Waals surface area (Å²) < 4.78 is 2.58. The molecule has 0 unspecified atom stereocenters. The lowest BCUT2D eigenvalue weighted by Crippen LogP contribution is -2.31. The van der Waals surface area contributed by atoms with Crippen LogP contribution in [0.15, 0.2) is 66.0 Å². The fraction of sp³-hybridized carbons (Fsp3) is 0. The Hall–Kier alpha value is -2.16. The van der Waals surface area contributed by atoms with Crippen LogP contribution in [-0.4, -0.2) is 20.9 Å². The van der Waals surface area contributed by atoms with Gasteiger partial charge in [0.05, 0.1) is 16.4 Å². The molecule has 0 radical (unpaired) electrons. The summed E-state index contributed by atoms with van der Waals surface area (Å²) in [5.41, 5.74) is -0.865. The average Bonchev–Trinajstić information content (AvgIpc) is 2.57. The van der Waals surface area contributed by atoms with E-state index >= 15 is 0 Å². The summed E-state index contributed by atoms with van der Waals surface area (Å²) in [6.45, 7) is 0. The molecule has 1 heterocycles. The van der Waals surface area contributed by atoms with E-state index in [4.69, 9.17) is 11.6 Å². The van der Waals surface area contributed by atoms with Gasteiger partial charge < -0.3 is 5.11 Å². The summed E-state index contributed by atoms with van der Waals surface area (Å²) in [6.07, 6.45) is 1.16. The van der Waals surface area contributed by atoms with Gasteiger partial charge in [0.2, 0.25) is 5.88 Å². The molecule has 0 aliphatic carbocycles. The van der Waals surface area contributed by atoms with Crippen molar-refractivity contribution >= 4 is 55.4 Å². The van der Waals surface area contributed by atoms with E-state index in [2.05, 4.69) is 41.8 Å². The lowest BCUT2D eigenvalue weighted by atomic mass is 10.3. The molecule has 0 spiro atoms. The first-order valence-electron chi connectivity index (χ1n) is 7.20. The van der Waals surface area contributed by atoms with Crippen LogP contribution in [0, 0.1) is 0 Å². The molecule has 0 saturated heterocycles. The number of hydrogen-bond donors (Lipinski definition) is 2. The van der Waals surface area contributed by atoms with Crippen LogP contribution in [0.2, 0.25) is 5.02 Å². The summed E-state index contributed by atoms with van der Waals surface area (Å²) in [5.74, 6) is -0.516. The van der Waals surface area contributed by atoms with Crippen LogP contribution in [0.25, 0.3) is 5.69 Å². The molecule has 3 aromatic rings. The minimum absolute atomic E-state index is 0.161. The Balaban J connectivity index is 2.12. The van der Waals surface area contributed by atoms with Gasteiger partial charge >= 0.3 is 5.69 Å². The predicted octanol–water partition coefficient (Wildman–Crippen LogP) is 4.16. The third kappa shape index (κ3) is 3.82. The SMILES string of the molecule is O=c1[nH]c(=O)n(-c2ccc(Br)cc2)c(O)c1C=Nc1ccc(Br)cc1Cl. The van der Waals surface area contributed by atoms with Gasteiger partial charge in [-0.05, 0) is 42.5 Å². The number of nitrogens with zero attached hydrogens (tertiary/aromatic N) is 2. The highest BCUT2D eigenvalue weighted by atomic mass is 79.9. The Morgan fingerprint density at radius 1 is 1.08 bits per heavy atom. The molecule has 0 amide bonds. The van der Waals surface area contributed by atoms with Gasteiger partial charge in [-0.3, -0.25) is 14.8 Å². The quantitative estimate of drug-likeness (QED) is 0.531. The third-order valence-electron chi connectivity index (χ3n) is 3.45. The van der Waals surface area contributed by atoms with Gasteiger partial charge in [0.15, 0.2) is 0 Å². The first-order valence-corrected chi connectivity index (χ1v) is 9.16. The van der Waals surface area contributed by atoms with Gasteiger partial charge in [-0.15, -0.1) is 0 Å². The average molecular weight is 500 g/mol. The third-order valence-corrected chi connectivity index (χ3v) is 4.77. The van der Waals surface area contributed by atoms with Crippen LogP contribution >= 0.6 is 43.5 Å². The molecule has 6 nitrogen and oxygen atoms in total. The van der Waals surface area contributed by atoms with E-state index in [1.807, 2.05) is 0 Å². The maximum atomic E-state index is 12.1. The number of nitrogens with one attached hydrogen (secondary N) is 1. The number of H-pyrrole nitrogens is 1. The molecule has 2 N–H and O–H groups in total. The number of aromatic nitrogens is 2. The van der Waals surface area contributed by atoms with Crippen molar-refractivity contribution in [3.8, 4) is 11.6 Å². The van der Waals surface area contributed by atoms with Crippen molar-refractivity contribution in [3.05, 3.63) is 82.8 Å². The van der Waals surface area contributed by atoms with Gasteiger partial charge in [-0.25, -0.2) is 9.36 Å². The number of aromatic amines is 1. The molecule has 132 valence electrons. The van der Waals surface area contributed by atoms with Crippen LogP contribution in [0.1, 0.15) is 5.56 Å². The largest absolute Gasteiger partial charge is 0.493 e. The maximum absolute atomic E-state index is 12.1. The van der Waals surface area contributed by atoms with E-state index < -0.39 is 17.1 Å². The molecule has 0 saturated carbocycles. The Labute approximate surface area is 169 Å². The number of benzene rings is 2. The van der Waals surface area contributed by atoms with E-state index in [1.54, 1.807) is 42.5 Å². The molecule has 0 bridgehead atoms. The lowest BCUT2D eigenvalue weighted by molar-refractivity contribution is 0.430. The highest BCUT2D eigenvalue weighted by Crippen LogP contribution is 2.28. The Kier molecular flexibility index (Phi) is 5.45. The van der Waals surface area contributed by atoms with E-state index in [0.29, 0.717) is 16.4 Å². The summed E-state index contributed by atoms with van der Waals surface area (Å²) >= 11 is 12.7. The van der Waals surface area contributed by atoms with E-state index in [0.717, 1.165) is 19.7 Å². The molecule has 0 atom stereocenters. The molecular formula is C17H10Br2ClN3O3. The van der Waals surface area contributed by atoms with Crippen molar-refractivity contribution in [3.63, 3.8) is 0 Å². The molecule has 2 aromatic carbocycles. The summed E-state index contributed by atoms with van der Waals surface area (Å²) in [6, 6.07) is 11.7. The summed E-state index contributed by atoms with van der Waals surface area (Å²) in [7, 11) is 0. The number of aromatic hydroxyl groups is 1. The number of aliphatic imine (C=N–C) groups is 1. The maximum Gasteiger partial charge on any atom is 0.335 e. The van der Waals surface area contributed by atoms with Gasteiger partial charge in [-0.2, -0.15) is 0 Å². The van der Waals surface area contributed by atoms with Crippen LogP contribution in [0.4, 0.5) is 5.69 Å². The van der Waals surface area contributed by atoms with Crippen molar-refractivity contribution in [2.24, 2.45) is 4.99 Å². The molecule has 0 aliphatic rings. The van der Waals surface area contributed by atoms with Crippen molar-refractivity contribution in [2.75, 3.05) is 0 Å². The highest BCUT2D eigenvalue weighted by Gasteiger charge is 2.14. The second-order valence-corrected chi connectivity index (χ2v) is 7.40. The molecule has 0 fully saturated rings. The summed E-state index contributed by atoms with van der Waals surface area (Å²) in [5, 5.41) is 10.8. The lowest BCUT2D eigenvalue weighted by Gasteiger charge is -2.09. The number of rotatable bonds is 3. The number of halogens is 3. The van der Waals surface area contributed by atoms with Crippen molar-refractivity contribution in [1.29, 1.82) is 0 Å². The van der Waals surface area contributed by atoms with E-state index in [-0.39, 0.29) is 5.56 Å². The van der Waals surface area contributed by atoms with Crippen molar-refractivity contribution in [1.82, 2.24) is 9.55 Å². The fourth-order valence-corrected chi connectivity index (χ4v) is 3.19. The predicted molar refractivity (Wildman–Crippen MR) is 108 cm³/mol. The standard InChI is InChI=1S/C17H10Br2ClN3O3/c18-9-1-4-11(5-2-9)23-16(25)12(15(24)22-17(23)26)8-21-14-6-3-10(19)7-13(14)20/h1-8,25H,(H,22,24,26). The molecule has 1 aromatic heterocycles. The van der Waals surface area contributed by atoms with Crippen LogP contribution in [0.3, 0.4) is 0 Å². The van der Waals surface area contributed by atoms with E-state index in [9.17, 15) is 14.7 Å². The van der Waals surface area contributed by atoms with Gasteiger partial charge in [-0.1, -0.05) is 43.5 Å². The second kappa shape index (κ2) is 7.61. The highest BCUT2D eigenvalue weighted by molar-refractivity contribution is 9.10. The first kappa shape index (κ1) is 18.6. The van der Waals surface area contributed by atoms with Crippen molar-refractivity contribution < 1.29 is 5.11 Å². The normalized spacial score (nSPS) is 11.2. The van der Waals surface area contributed by atoms with Gasteiger partial charge in [0.25, 0.3) is 5.56 Å². The van der Waals surface area contributed by atoms with Crippen LogP contribution < -0.4 is 11.2 Å². The first-order chi connectivity index (χ1) is 12.4. The van der Waals surface area contributed by atoms with Crippen LogP contribution in [-0.2, 0) is 0 Å². The zero-order valence-electron chi connectivity index (χ0n) is 12.9. The Morgan fingerprint density at radius 3 is 2.38 bits per heavy atom. The van der Waals surface area contributed by atoms with Gasteiger partial charge in [0, 0.05) is 15.2 Å². The number of hydrogen-bond acceptors (Lipinski definition) is 4. The van der Waals surface area contributed by atoms with E-state index in [1.165, 1.54) is 0 Å². The summed E-state index contributed by atoms with van der Waals surface area (Å²) in [4.78, 5) is 30.5. The van der Waals surface area contributed by atoms with Gasteiger partial charge in [0.1, 0.15) is 5.56 Å². The monoisotopic (exact) mass is 497 g/mol. The molecule has 0 aliphatic heterocycles. The topological polar surface area (TPSA) is 87.5 Å². The molecule has 3 rings (SSSR count). The Morgan fingerprint density at radius 2 is 1.73 bits per heavy atom. The van der Waals surface area contributed by atoms with Crippen LogP contribution in [0.5, 0.6) is 5.88 Å².